The number of rotatable bonds is 5. The average Bonchev–Trinajstić information content (AvgIpc) is 2.78. The van der Waals surface area contributed by atoms with Gasteiger partial charge in [-0.15, -0.1) is 0 Å². The Morgan fingerprint density at radius 2 is 1.79 bits per heavy atom. The van der Waals surface area contributed by atoms with Gasteiger partial charge in [-0.05, 0) is 18.4 Å². The quantitative estimate of drug-likeness (QED) is 0.632. The fourth-order valence-electron chi connectivity index (χ4n) is 5.54. The van der Waals surface area contributed by atoms with Gasteiger partial charge in [0.1, 0.15) is 5.76 Å². The standard InChI is InChI=1S/C23H30N4O6S/c1-34(31,32)26-7-5-24(6-8-26)15-21-23(30)20(28)10-18(33-21)14-25-11-16-9-17(13-25)19-3-2-4-22(29)27(19)12-16/h2-4,10,16-17,30H,5-9,11-15H2,1H3/t16-,17+/m1/s1. The van der Waals surface area contributed by atoms with Gasteiger partial charge in [0.15, 0.2) is 5.76 Å². The predicted molar refractivity (Wildman–Crippen MR) is 125 cm³/mol. The molecule has 0 amide bonds. The van der Waals surface area contributed by atoms with Gasteiger partial charge in [-0.2, -0.15) is 4.31 Å². The Hall–Kier alpha value is -2.47. The van der Waals surface area contributed by atoms with E-state index in [1.807, 2.05) is 21.6 Å². The Bertz CT molecular complexity index is 1300. The van der Waals surface area contributed by atoms with Crippen LogP contribution in [0.25, 0.3) is 0 Å². The monoisotopic (exact) mass is 490 g/mol. The van der Waals surface area contributed by atoms with Crippen LogP contribution in [0.1, 0.15) is 29.6 Å². The Morgan fingerprint density at radius 1 is 1.03 bits per heavy atom. The maximum atomic E-state index is 12.5. The lowest BCUT2D eigenvalue weighted by atomic mass is 9.83. The van der Waals surface area contributed by atoms with E-state index in [2.05, 4.69) is 4.90 Å². The van der Waals surface area contributed by atoms with Gasteiger partial charge in [0.05, 0.1) is 19.3 Å². The second-order valence-corrected chi connectivity index (χ2v) is 11.7. The van der Waals surface area contributed by atoms with Crippen LogP contribution in [0.15, 0.2) is 38.3 Å². The number of nitrogens with zero attached hydrogens (tertiary/aromatic N) is 4. The van der Waals surface area contributed by atoms with Crippen LogP contribution in [0.5, 0.6) is 5.75 Å². The van der Waals surface area contributed by atoms with Crippen LogP contribution in [0.4, 0.5) is 0 Å². The van der Waals surface area contributed by atoms with Crippen LogP contribution in [0, 0.1) is 5.92 Å². The van der Waals surface area contributed by atoms with Gasteiger partial charge in [-0.25, -0.2) is 8.42 Å². The molecule has 0 unspecified atom stereocenters. The van der Waals surface area contributed by atoms with Crippen molar-refractivity contribution >= 4 is 10.0 Å². The SMILES string of the molecule is CS(=O)(=O)N1CCN(Cc2oc(CN3C[C@H]4C[C@@H](C3)c3cccc(=O)n3C4)cc(=O)c2O)CC1. The number of aromatic nitrogens is 1. The molecule has 11 heteroatoms. The average molecular weight is 491 g/mol. The van der Waals surface area contributed by atoms with Crippen molar-refractivity contribution in [2.24, 2.45) is 5.92 Å². The molecule has 2 aromatic heterocycles. The molecule has 2 bridgehead atoms. The highest BCUT2D eigenvalue weighted by atomic mass is 32.2. The van der Waals surface area contributed by atoms with Gasteiger partial charge in [0.25, 0.3) is 5.56 Å². The van der Waals surface area contributed by atoms with Gasteiger partial charge in [-0.1, -0.05) is 6.07 Å². The molecule has 0 radical (unpaired) electrons. The maximum absolute atomic E-state index is 12.5. The minimum Gasteiger partial charge on any atom is -0.502 e. The largest absolute Gasteiger partial charge is 0.502 e. The number of hydrogen-bond acceptors (Lipinski definition) is 8. The molecule has 2 atom stereocenters. The van der Waals surface area contributed by atoms with E-state index in [1.165, 1.54) is 16.6 Å². The lowest BCUT2D eigenvalue weighted by Gasteiger charge is -2.42. The fraction of sp³-hybridized carbons (Fsp3) is 0.565. The summed E-state index contributed by atoms with van der Waals surface area (Å²) in [6, 6.07) is 6.79. The summed E-state index contributed by atoms with van der Waals surface area (Å²) in [5.74, 6) is 0.942. The Labute approximate surface area is 198 Å². The minimum absolute atomic E-state index is 0.0483. The Balaban J connectivity index is 1.28. The Morgan fingerprint density at radius 3 is 2.53 bits per heavy atom. The van der Waals surface area contributed by atoms with E-state index >= 15 is 0 Å². The fourth-order valence-corrected chi connectivity index (χ4v) is 6.37. The molecule has 5 heterocycles. The molecule has 34 heavy (non-hydrogen) atoms. The summed E-state index contributed by atoms with van der Waals surface area (Å²) in [6.07, 6.45) is 2.24. The highest BCUT2D eigenvalue weighted by Gasteiger charge is 2.35. The molecule has 3 aliphatic rings. The first-order valence-corrected chi connectivity index (χ1v) is 13.5. The number of sulfonamides is 1. The van der Waals surface area contributed by atoms with Crippen molar-refractivity contribution in [2.45, 2.75) is 32.0 Å². The van der Waals surface area contributed by atoms with Crippen LogP contribution in [-0.4, -0.2) is 77.7 Å². The van der Waals surface area contributed by atoms with E-state index in [9.17, 15) is 23.1 Å². The van der Waals surface area contributed by atoms with E-state index in [4.69, 9.17) is 4.42 Å². The van der Waals surface area contributed by atoms with E-state index in [-0.39, 0.29) is 23.8 Å². The van der Waals surface area contributed by atoms with Gasteiger partial charge in [0, 0.05) is 69.6 Å². The summed E-state index contributed by atoms with van der Waals surface area (Å²) < 4.78 is 32.7. The number of likely N-dealkylation sites (tertiary alicyclic amines) is 1. The third kappa shape index (κ3) is 4.70. The summed E-state index contributed by atoms with van der Waals surface area (Å²) in [6.45, 7) is 4.70. The van der Waals surface area contributed by atoms with Crippen LogP contribution >= 0.6 is 0 Å². The minimum atomic E-state index is -3.23. The van der Waals surface area contributed by atoms with Crippen molar-refractivity contribution < 1.29 is 17.9 Å². The molecule has 0 aromatic carbocycles. The second kappa shape index (κ2) is 8.95. The summed E-state index contributed by atoms with van der Waals surface area (Å²) in [5.41, 5.74) is 0.641. The zero-order valence-corrected chi connectivity index (χ0v) is 20.0. The van der Waals surface area contributed by atoms with Crippen LogP contribution in [0.2, 0.25) is 0 Å². The summed E-state index contributed by atoms with van der Waals surface area (Å²) >= 11 is 0. The van der Waals surface area contributed by atoms with Gasteiger partial charge in [0.2, 0.25) is 21.2 Å². The van der Waals surface area contributed by atoms with E-state index in [1.54, 1.807) is 6.07 Å². The predicted octanol–water partition coefficient (Wildman–Crippen LogP) is 0.204. The third-order valence-electron chi connectivity index (χ3n) is 7.15. The summed E-state index contributed by atoms with van der Waals surface area (Å²) in [4.78, 5) is 28.9. The van der Waals surface area contributed by atoms with Crippen molar-refractivity contribution in [1.82, 2.24) is 18.7 Å². The zero-order chi connectivity index (χ0) is 24.0. The summed E-state index contributed by atoms with van der Waals surface area (Å²) in [5, 5.41) is 10.3. The third-order valence-corrected chi connectivity index (χ3v) is 8.45. The molecule has 0 saturated carbocycles. The topological polar surface area (TPSA) is 116 Å². The van der Waals surface area contributed by atoms with Crippen LogP contribution < -0.4 is 11.0 Å². The maximum Gasteiger partial charge on any atom is 0.250 e. The lowest BCUT2D eigenvalue weighted by molar-refractivity contribution is 0.104. The number of pyridine rings is 1. The van der Waals surface area contributed by atoms with Crippen molar-refractivity contribution in [2.75, 3.05) is 45.5 Å². The second-order valence-electron chi connectivity index (χ2n) is 9.68. The molecular formula is C23H30N4O6S. The molecule has 184 valence electrons. The molecule has 3 aliphatic heterocycles. The first-order chi connectivity index (χ1) is 16.2. The first-order valence-electron chi connectivity index (χ1n) is 11.6. The highest BCUT2D eigenvalue weighted by Crippen LogP contribution is 2.35. The number of piperazine rings is 1. The molecule has 5 rings (SSSR count). The molecule has 2 saturated heterocycles. The van der Waals surface area contributed by atoms with Crippen molar-refractivity contribution in [3.05, 3.63) is 62.1 Å². The normalized spacial score (nSPS) is 24.1. The molecule has 0 aliphatic carbocycles. The number of aromatic hydroxyl groups is 1. The zero-order valence-electron chi connectivity index (χ0n) is 19.2. The van der Waals surface area contributed by atoms with E-state index in [0.717, 1.165) is 25.2 Å². The van der Waals surface area contributed by atoms with Crippen molar-refractivity contribution in [3.63, 3.8) is 0 Å². The molecule has 2 fully saturated rings. The molecular weight excluding hydrogens is 460 g/mol. The highest BCUT2D eigenvalue weighted by molar-refractivity contribution is 7.88. The van der Waals surface area contributed by atoms with E-state index < -0.39 is 21.2 Å². The molecule has 1 N–H and O–H groups in total. The van der Waals surface area contributed by atoms with Crippen LogP contribution in [-0.2, 0) is 29.7 Å². The van der Waals surface area contributed by atoms with Crippen LogP contribution in [0.3, 0.4) is 0 Å². The van der Waals surface area contributed by atoms with E-state index in [0.29, 0.717) is 50.9 Å². The first kappa shape index (κ1) is 23.3. The van der Waals surface area contributed by atoms with Gasteiger partial charge >= 0.3 is 0 Å². The van der Waals surface area contributed by atoms with Crippen molar-refractivity contribution in [1.29, 1.82) is 0 Å². The smallest absolute Gasteiger partial charge is 0.250 e. The van der Waals surface area contributed by atoms with Gasteiger partial charge < -0.3 is 14.1 Å². The lowest BCUT2D eigenvalue weighted by Crippen LogP contribution is -2.47. The Kier molecular flexibility index (Phi) is 6.13. The molecule has 2 aromatic rings. The molecule has 10 nitrogen and oxygen atoms in total. The summed E-state index contributed by atoms with van der Waals surface area (Å²) in [7, 11) is -3.23. The molecule has 0 spiro atoms. The van der Waals surface area contributed by atoms with Gasteiger partial charge in [-0.3, -0.25) is 19.4 Å². The number of fused-ring (bicyclic) bond motifs is 4. The number of hydrogen-bond donors (Lipinski definition) is 1. The van der Waals surface area contributed by atoms with Crippen molar-refractivity contribution in [3.8, 4) is 5.75 Å². The number of piperidine rings is 1.